The first kappa shape index (κ1) is 10.2. The van der Waals surface area contributed by atoms with Gasteiger partial charge >= 0.3 is 0 Å². The Bertz CT molecular complexity index is 221. The number of hydrogen-bond donors (Lipinski definition) is 2. The maximum atomic E-state index is 5.46. The summed E-state index contributed by atoms with van der Waals surface area (Å²) in [4.78, 5) is 0. The Balaban J connectivity index is 2.27. The molecular formula is C11H18N2. The Morgan fingerprint density at radius 1 is 1.31 bits per heavy atom. The molecule has 0 heterocycles. The molecule has 1 unspecified atom stereocenters. The van der Waals surface area contributed by atoms with Gasteiger partial charge in [0.15, 0.2) is 0 Å². The minimum atomic E-state index is 0.505. The fraction of sp³-hybridized carbons (Fsp3) is 0.455. The fourth-order valence-electron chi connectivity index (χ4n) is 1.24. The predicted octanol–water partition coefficient (Wildman–Crippen LogP) is 1.51. The van der Waals surface area contributed by atoms with Crippen molar-refractivity contribution >= 4 is 0 Å². The van der Waals surface area contributed by atoms with Crippen molar-refractivity contribution in [1.82, 2.24) is 5.32 Å². The molecule has 0 aliphatic rings. The molecule has 3 N–H and O–H groups in total. The number of hydrogen-bond acceptors (Lipinski definition) is 2. The van der Waals surface area contributed by atoms with Crippen LogP contribution in [0.1, 0.15) is 18.9 Å². The third kappa shape index (κ3) is 4.06. The van der Waals surface area contributed by atoms with Gasteiger partial charge in [-0.25, -0.2) is 0 Å². The lowest BCUT2D eigenvalue weighted by molar-refractivity contribution is 0.520. The topological polar surface area (TPSA) is 38.0 Å². The molecular weight excluding hydrogens is 160 g/mol. The van der Waals surface area contributed by atoms with Gasteiger partial charge in [-0.2, -0.15) is 0 Å². The predicted molar refractivity (Wildman–Crippen MR) is 56.4 cm³/mol. The third-order valence-corrected chi connectivity index (χ3v) is 2.10. The molecule has 0 bridgehead atoms. The van der Waals surface area contributed by atoms with Gasteiger partial charge in [0.1, 0.15) is 0 Å². The zero-order valence-corrected chi connectivity index (χ0v) is 8.16. The number of nitrogens with one attached hydrogen (secondary N) is 1. The number of nitrogens with two attached hydrogens (primary N) is 1. The highest BCUT2D eigenvalue weighted by atomic mass is 14.9. The maximum Gasteiger partial charge on any atom is 0.0207 e. The zero-order chi connectivity index (χ0) is 9.52. The second-order valence-electron chi connectivity index (χ2n) is 3.34. The van der Waals surface area contributed by atoms with Gasteiger partial charge in [-0.1, -0.05) is 30.3 Å². The van der Waals surface area contributed by atoms with Gasteiger partial charge in [-0.3, -0.25) is 0 Å². The lowest BCUT2D eigenvalue weighted by atomic mass is 10.2. The second-order valence-corrected chi connectivity index (χ2v) is 3.34. The van der Waals surface area contributed by atoms with E-state index in [2.05, 4.69) is 36.5 Å². The third-order valence-electron chi connectivity index (χ3n) is 2.10. The Morgan fingerprint density at radius 3 is 2.62 bits per heavy atom. The summed E-state index contributed by atoms with van der Waals surface area (Å²) in [5, 5.41) is 3.42. The van der Waals surface area contributed by atoms with E-state index in [1.165, 1.54) is 5.56 Å². The minimum Gasteiger partial charge on any atom is -0.330 e. The summed E-state index contributed by atoms with van der Waals surface area (Å²) in [5.41, 5.74) is 6.78. The fourth-order valence-corrected chi connectivity index (χ4v) is 1.24. The van der Waals surface area contributed by atoms with Gasteiger partial charge in [0.2, 0.25) is 0 Å². The molecule has 1 atom stereocenters. The van der Waals surface area contributed by atoms with E-state index in [0.29, 0.717) is 6.04 Å². The van der Waals surface area contributed by atoms with E-state index >= 15 is 0 Å². The Kier molecular flexibility index (Phi) is 4.50. The van der Waals surface area contributed by atoms with Crippen LogP contribution < -0.4 is 11.1 Å². The first-order chi connectivity index (χ1) is 6.33. The lowest BCUT2D eigenvalue weighted by Crippen LogP contribution is -2.27. The normalized spacial score (nSPS) is 12.8. The Labute approximate surface area is 80.1 Å². The first-order valence-corrected chi connectivity index (χ1v) is 4.80. The van der Waals surface area contributed by atoms with Crippen molar-refractivity contribution in [3.8, 4) is 0 Å². The maximum absolute atomic E-state index is 5.46. The molecule has 0 aliphatic heterocycles. The summed E-state index contributed by atoms with van der Waals surface area (Å²) >= 11 is 0. The van der Waals surface area contributed by atoms with Crippen molar-refractivity contribution in [2.75, 3.05) is 6.54 Å². The summed E-state index contributed by atoms with van der Waals surface area (Å²) in [5.74, 6) is 0. The number of benzene rings is 1. The smallest absolute Gasteiger partial charge is 0.0207 e. The van der Waals surface area contributed by atoms with E-state index in [1.807, 2.05) is 6.07 Å². The van der Waals surface area contributed by atoms with Crippen LogP contribution >= 0.6 is 0 Å². The van der Waals surface area contributed by atoms with E-state index in [4.69, 9.17) is 5.73 Å². The molecule has 2 nitrogen and oxygen atoms in total. The Hall–Kier alpha value is -0.860. The standard InChI is InChI=1S/C11H18N2/c1-10(7-8-12)13-9-11-5-3-2-4-6-11/h2-6,10,13H,7-9,12H2,1H3. The molecule has 0 saturated carbocycles. The molecule has 72 valence electrons. The van der Waals surface area contributed by atoms with Gasteiger partial charge in [-0.15, -0.1) is 0 Å². The van der Waals surface area contributed by atoms with E-state index in [-0.39, 0.29) is 0 Å². The van der Waals surface area contributed by atoms with Crippen molar-refractivity contribution in [1.29, 1.82) is 0 Å². The van der Waals surface area contributed by atoms with Gasteiger partial charge < -0.3 is 11.1 Å². The van der Waals surface area contributed by atoms with Crippen LogP contribution in [0, 0.1) is 0 Å². The molecule has 13 heavy (non-hydrogen) atoms. The average Bonchev–Trinajstić information content (AvgIpc) is 2.17. The Morgan fingerprint density at radius 2 is 2.00 bits per heavy atom. The molecule has 1 rings (SSSR count). The van der Waals surface area contributed by atoms with Crippen molar-refractivity contribution in [2.45, 2.75) is 25.9 Å². The largest absolute Gasteiger partial charge is 0.330 e. The van der Waals surface area contributed by atoms with Crippen LogP contribution in [-0.2, 0) is 6.54 Å². The van der Waals surface area contributed by atoms with Crippen LogP contribution in [0.2, 0.25) is 0 Å². The SMILES string of the molecule is CC(CCN)NCc1ccccc1. The van der Waals surface area contributed by atoms with Crippen molar-refractivity contribution in [3.63, 3.8) is 0 Å². The van der Waals surface area contributed by atoms with Gasteiger partial charge in [0.25, 0.3) is 0 Å². The molecule has 0 aromatic heterocycles. The van der Waals surface area contributed by atoms with Crippen LogP contribution in [0.15, 0.2) is 30.3 Å². The van der Waals surface area contributed by atoms with E-state index in [1.54, 1.807) is 0 Å². The molecule has 0 aliphatic carbocycles. The van der Waals surface area contributed by atoms with E-state index in [0.717, 1.165) is 19.5 Å². The molecule has 0 spiro atoms. The highest BCUT2D eigenvalue weighted by Gasteiger charge is 1.98. The summed E-state index contributed by atoms with van der Waals surface area (Å²) in [6.07, 6.45) is 1.03. The van der Waals surface area contributed by atoms with Gasteiger partial charge in [0.05, 0.1) is 0 Å². The lowest BCUT2D eigenvalue weighted by Gasteiger charge is -2.12. The average molecular weight is 178 g/mol. The molecule has 1 aromatic carbocycles. The van der Waals surface area contributed by atoms with Crippen molar-refractivity contribution in [2.24, 2.45) is 5.73 Å². The summed E-state index contributed by atoms with van der Waals surface area (Å²) in [6, 6.07) is 10.9. The van der Waals surface area contributed by atoms with Gasteiger partial charge in [-0.05, 0) is 25.5 Å². The van der Waals surface area contributed by atoms with E-state index < -0.39 is 0 Å². The summed E-state index contributed by atoms with van der Waals surface area (Å²) < 4.78 is 0. The first-order valence-electron chi connectivity index (χ1n) is 4.80. The molecule has 0 fully saturated rings. The van der Waals surface area contributed by atoms with Crippen LogP contribution in [0.3, 0.4) is 0 Å². The molecule has 0 saturated heterocycles. The van der Waals surface area contributed by atoms with E-state index in [9.17, 15) is 0 Å². The monoisotopic (exact) mass is 178 g/mol. The molecule has 2 heteroatoms. The summed E-state index contributed by atoms with van der Waals surface area (Å²) in [6.45, 7) is 3.85. The van der Waals surface area contributed by atoms with Crippen LogP contribution in [0.4, 0.5) is 0 Å². The van der Waals surface area contributed by atoms with Crippen molar-refractivity contribution in [3.05, 3.63) is 35.9 Å². The minimum absolute atomic E-state index is 0.505. The molecule has 0 amide bonds. The highest BCUT2D eigenvalue weighted by Crippen LogP contribution is 1.98. The second kappa shape index (κ2) is 5.73. The van der Waals surface area contributed by atoms with Gasteiger partial charge in [0, 0.05) is 12.6 Å². The van der Waals surface area contributed by atoms with Crippen LogP contribution in [0.25, 0.3) is 0 Å². The highest BCUT2D eigenvalue weighted by molar-refractivity contribution is 5.14. The van der Waals surface area contributed by atoms with Crippen LogP contribution in [-0.4, -0.2) is 12.6 Å². The molecule has 1 aromatic rings. The quantitative estimate of drug-likeness (QED) is 0.717. The summed E-state index contributed by atoms with van der Waals surface area (Å²) in [7, 11) is 0. The zero-order valence-electron chi connectivity index (χ0n) is 8.16. The number of rotatable bonds is 5. The van der Waals surface area contributed by atoms with Crippen molar-refractivity contribution < 1.29 is 0 Å². The molecule has 0 radical (unpaired) electrons. The van der Waals surface area contributed by atoms with Crippen LogP contribution in [0.5, 0.6) is 0 Å².